The molecule has 5 nitrogen and oxygen atoms in total. The van der Waals surface area contributed by atoms with Crippen LogP contribution >= 0.6 is 0 Å². The Morgan fingerprint density at radius 2 is 2.16 bits per heavy atom. The number of hydrogen-bond acceptors (Lipinski definition) is 2. The Morgan fingerprint density at radius 1 is 1.42 bits per heavy atom. The minimum atomic E-state index is -0.986. The summed E-state index contributed by atoms with van der Waals surface area (Å²) in [5, 5.41) is 11.6. The van der Waals surface area contributed by atoms with E-state index in [0.717, 1.165) is 18.4 Å². The number of carboxylic acids is 1. The largest absolute Gasteiger partial charge is 0.480 e. The second-order valence-corrected chi connectivity index (χ2v) is 5.02. The molecule has 0 radical (unpaired) electrons. The Hall–Kier alpha value is -2.04. The van der Waals surface area contributed by atoms with Gasteiger partial charge >= 0.3 is 12.0 Å². The zero-order valence-corrected chi connectivity index (χ0v) is 10.9. The predicted molar refractivity (Wildman–Crippen MR) is 72.1 cm³/mol. The van der Waals surface area contributed by atoms with Crippen molar-refractivity contribution in [1.29, 1.82) is 0 Å². The third kappa shape index (κ3) is 4.28. The average molecular weight is 262 g/mol. The summed E-state index contributed by atoms with van der Waals surface area (Å²) < 4.78 is 0. The highest BCUT2D eigenvalue weighted by Crippen LogP contribution is 2.29. The van der Waals surface area contributed by atoms with Crippen molar-refractivity contribution >= 4 is 17.7 Å². The van der Waals surface area contributed by atoms with Gasteiger partial charge in [-0.2, -0.15) is 0 Å². The predicted octanol–water partition coefficient (Wildman–Crippen LogP) is 2.32. The van der Waals surface area contributed by atoms with Gasteiger partial charge in [0.15, 0.2) is 0 Å². The second-order valence-electron chi connectivity index (χ2n) is 5.02. The molecule has 1 saturated carbocycles. The molecule has 2 amide bonds. The molecule has 0 saturated heterocycles. The number of carbonyl (C=O) groups excluding carboxylic acids is 1. The van der Waals surface area contributed by atoms with E-state index in [-0.39, 0.29) is 12.6 Å². The topological polar surface area (TPSA) is 69.6 Å². The third-order valence-electron chi connectivity index (χ3n) is 3.06. The van der Waals surface area contributed by atoms with E-state index in [9.17, 15) is 9.59 Å². The molecule has 1 aromatic rings. The Labute approximate surface area is 112 Å². The molecule has 0 aliphatic heterocycles. The molecule has 2 rings (SSSR count). The number of benzene rings is 1. The standard InChI is InChI=1S/C14H18N2O3/c1-10-3-2-4-12(7-10)15-14(19)16(9-13(17)18)8-11-5-6-11/h2-4,7,11H,5-6,8-9H2,1H3,(H,15,19)(H,17,18). The lowest BCUT2D eigenvalue weighted by Crippen LogP contribution is -2.40. The maximum Gasteiger partial charge on any atom is 0.323 e. The van der Waals surface area contributed by atoms with Gasteiger partial charge in [0.25, 0.3) is 0 Å². The highest BCUT2D eigenvalue weighted by molar-refractivity contribution is 5.91. The number of nitrogens with zero attached hydrogens (tertiary/aromatic N) is 1. The van der Waals surface area contributed by atoms with Gasteiger partial charge in [-0.05, 0) is 43.4 Å². The van der Waals surface area contributed by atoms with Crippen molar-refractivity contribution in [3.63, 3.8) is 0 Å². The molecular weight excluding hydrogens is 244 g/mol. The number of amides is 2. The first-order valence-electron chi connectivity index (χ1n) is 6.39. The van der Waals surface area contributed by atoms with E-state index in [1.807, 2.05) is 25.1 Å². The average Bonchev–Trinajstić information content (AvgIpc) is 3.11. The maximum atomic E-state index is 12.1. The molecule has 5 heteroatoms. The van der Waals surface area contributed by atoms with Crippen LogP contribution in [-0.4, -0.2) is 35.1 Å². The highest BCUT2D eigenvalue weighted by atomic mass is 16.4. The lowest BCUT2D eigenvalue weighted by Gasteiger charge is -2.21. The number of rotatable bonds is 5. The van der Waals surface area contributed by atoms with Crippen molar-refractivity contribution < 1.29 is 14.7 Å². The lowest BCUT2D eigenvalue weighted by atomic mass is 10.2. The number of carboxylic acid groups (broad SMARTS) is 1. The van der Waals surface area contributed by atoms with Gasteiger partial charge in [-0.1, -0.05) is 12.1 Å². The summed E-state index contributed by atoms with van der Waals surface area (Å²) >= 11 is 0. The van der Waals surface area contributed by atoms with Crippen molar-refractivity contribution in [2.75, 3.05) is 18.4 Å². The zero-order valence-electron chi connectivity index (χ0n) is 10.9. The van der Waals surface area contributed by atoms with Crippen molar-refractivity contribution in [2.45, 2.75) is 19.8 Å². The van der Waals surface area contributed by atoms with Crippen LogP contribution in [0.15, 0.2) is 24.3 Å². The van der Waals surface area contributed by atoms with Gasteiger partial charge < -0.3 is 15.3 Å². The van der Waals surface area contributed by atoms with Gasteiger partial charge in [0.1, 0.15) is 6.54 Å². The maximum absolute atomic E-state index is 12.1. The number of hydrogen-bond donors (Lipinski definition) is 2. The molecule has 102 valence electrons. The zero-order chi connectivity index (χ0) is 13.8. The van der Waals surface area contributed by atoms with Gasteiger partial charge in [0.2, 0.25) is 0 Å². The Morgan fingerprint density at radius 3 is 2.74 bits per heavy atom. The van der Waals surface area contributed by atoms with Crippen LogP contribution in [0, 0.1) is 12.8 Å². The van der Waals surface area contributed by atoms with Gasteiger partial charge in [-0.25, -0.2) is 4.79 Å². The van der Waals surface area contributed by atoms with E-state index in [0.29, 0.717) is 18.2 Å². The van der Waals surface area contributed by atoms with Crippen molar-refractivity contribution in [3.05, 3.63) is 29.8 Å². The SMILES string of the molecule is Cc1cccc(NC(=O)N(CC(=O)O)CC2CC2)c1. The van der Waals surface area contributed by atoms with Crippen LogP contribution in [0.5, 0.6) is 0 Å². The summed E-state index contributed by atoms with van der Waals surface area (Å²) in [6, 6.07) is 7.09. The number of aliphatic carboxylic acids is 1. The molecule has 19 heavy (non-hydrogen) atoms. The van der Waals surface area contributed by atoms with E-state index in [2.05, 4.69) is 5.32 Å². The van der Waals surface area contributed by atoms with Crippen LogP contribution in [0.4, 0.5) is 10.5 Å². The summed E-state index contributed by atoms with van der Waals surface area (Å²) in [5.74, 6) is -0.525. The van der Waals surface area contributed by atoms with Crippen LogP contribution in [0.25, 0.3) is 0 Å². The summed E-state index contributed by atoms with van der Waals surface area (Å²) in [6.07, 6.45) is 2.15. The Kier molecular flexibility index (Phi) is 4.04. The fourth-order valence-corrected chi connectivity index (χ4v) is 1.92. The van der Waals surface area contributed by atoms with Gasteiger partial charge in [-0.15, -0.1) is 0 Å². The van der Waals surface area contributed by atoms with E-state index < -0.39 is 5.97 Å². The molecule has 0 unspecified atom stereocenters. The first-order chi connectivity index (χ1) is 9.04. The Bertz CT molecular complexity index is 483. The van der Waals surface area contributed by atoms with Gasteiger partial charge in [0, 0.05) is 12.2 Å². The number of nitrogens with one attached hydrogen (secondary N) is 1. The number of anilines is 1. The van der Waals surface area contributed by atoms with Crippen molar-refractivity contribution in [3.8, 4) is 0 Å². The molecule has 0 atom stereocenters. The second kappa shape index (κ2) is 5.73. The van der Waals surface area contributed by atoms with E-state index >= 15 is 0 Å². The fourth-order valence-electron chi connectivity index (χ4n) is 1.92. The minimum Gasteiger partial charge on any atom is -0.480 e. The molecule has 1 fully saturated rings. The molecule has 0 bridgehead atoms. The molecule has 1 aliphatic rings. The third-order valence-corrected chi connectivity index (χ3v) is 3.06. The first kappa shape index (κ1) is 13.4. The first-order valence-corrected chi connectivity index (χ1v) is 6.39. The van der Waals surface area contributed by atoms with Crippen molar-refractivity contribution in [1.82, 2.24) is 4.90 Å². The lowest BCUT2D eigenvalue weighted by molar-refractivity contribution is -0.137. The molecule has 0 aromatic heterocycles. The number of carbonyl (C=O) groups is 2. The quantitative estimate of drug-likeness (QED) is 0.855. The smallest absolute Gasteiger partial charge is 0.323 e. The number of urea groups is 1. The minimum absolute atomic E-state index is 0.256. The van der Waals surface area contributed by atoms with Crippen LogP contribution in [0.3, 0.4) is 0 Å². The van der Waals surface area contributed by atoms with Gasteiger partial charge in [-0.3, -0.25) is 4.79 Å². The van der Waals surface area contributed by atoms with E-state index in [1.54, 1.807) is 6.07 Å². The summed E-state index contributed by atoms with van der Waals surface area (Å²) in [4.78, 5) is 24.2. The van der Waals surface area contributed by atoms with Crippen molar-refractivity contribution in [2.24, 2.45) is 5.92 Å². The van der Waals surface area contributed by atoms with Crippen LogP contribution in [-0.2, 0) is 4.79 Å². The molecule has 0 spiro atoms. The summed E-state index contributed by atoms with van der Waals surface area (Å²) in [5.41, 5.74) is 1.74. The van der Waals surface area contributed by atoms with E-state index in [4.69, 9.17) is 5.11 Å². The summed E-state index contributed by atoms with van der Waals surface area (Å²) in [7, 11) is 0. The molecule has 1 aromatic carbocycles. The fraction of sp³-hybridized carbons (Fsp3) is 0.429. The molecule has 1 aliphatic carbocycles. The molecule has 0 heterocycles. The van der Waals surface area contributed by atoms with Crippen LogP contribution in [0.2, 0.25) is 0 Å². The highest BCUT2D eigenvalue weighted by Gasteiger charge is 2.27. The monoisotopic (exact) mass is 262 g/mol. The van der Waals surface area contributed by atoms with E-state index in [1.165, 1.54) is 4.90 Å². The van der Waals surface area contributed by atoms with Crippen LogP contribution in [0.1, 0.15) is 18.4 Å². The normalized spacial score (nSPS) is 13.9. The number of aryl methyl sites for hydroxylation is 1. The Balaban J connectivity index is 1.99. The van der Waals surface area contributed by atoms with Gasteiger partial charge in [0.05, 0.1) is 0 Å². The van der Waals surface area contributed by atoms with Crippen LogP contribution < -0.4 is 5.32 Å². The molecular formula is C14H18N2O3. The summed E-state index contributed by atoms with van der Waals surface area (Å²) in [6.45, 7) is 2.20. The molecule has 2 N–H and O–H groups in total.